The molecule has 3 rings (SSSR count). The van der Waals surface area contributed by atoms with Gasteiger partial charge in [0.15, 0.2) is 0 Å². The van der Waals surface area contributed by atoms with Crippen molar-refractivity contribution in [3.63, 3.8) is 0 Å². The summed E-state index contributed by atoms with van der Waals surface area (Å²) >= 11 is 0. The average molecular weight is 374 g/mol. The molecule has 1 aromatic rings. The smallest absolute Gasteiger partial charge is 0.322 e. The van der Waals surface area contributed by atoms with Crippen molar-refractivity contribution in [2.45, 2.75) is 31.7 Å². The molecule has 2 aliphatic rings. The van der Waals surface area contributed by atoms with Gasteiger partial charge in [-0.1, -0.05) is 12.1 Å². The number of likely N-dealkylation sites (N-methyl/N-ethyl adjacent to an activating group) is 1. The Balaban J connectivity index is 1.72. The molecule has 0 radical (unpaired) electrons. The second kappa shape index (κ2) is 8.17. The second-order valence-corrected chi connectivity index (χ2v) is 7.49. The van der Waals surface area contributed by atoms with Crippen LogP contribution in [0.2, 0.25) is 0 Å². The number of amides is 3. The fraction of sp³-hybridized carbons (Fsp3) is 0.600. The molecular weight excluding hydrogens is 344 g/mol. The molecule has 2 fully saturated rings. The Hall–Kier alpha value is -2.28. The van der Waals surface area contributed by atoms with Crippen LogP contribution in [0.25, 0.3) is 0 Å². The first-order chi connectivity index (χ1) is 12.9. The maximum absolute atomic E-state index is 12.9. The fourth-order valence-electron chi connectivity index (χ4n) is 3.98. The van der Waals surface area contributed by atoms with Crippen LogP contribution in [-0.2, 0) is 4.79 Å². The highest BCUT2D eigenvalue weighted by atomic mass is 16.5. The molecule has 7 nitrogen and oxygen atoms in total. The zero-order chi connectivity index (χ0) is 19.4. The van der Waals surface area contributed by atoms with Crippen molar-refractivity contribution in [2.75, 3.05) is 52.2 Å². The molecule has 2 aliphatic heterocycles. The minimum Gasteiger partial charge on any atom is -0.492 e. The molecule has 1 spiro atoms. The van der Waals surface area contributed by atoms with Gasteiger partial charge in [-0.25, -0.2) is 4.79 Å². The van der Waals surface area contributed by atoms with Crippen molar-refractivity contribution >= 4 is 17.6 Å². The largest absolute Gasteiger partial charge is 0.492 e. The van der Waals surface area contributed by atoms with Crippen molar-refractivity contribution in [3.8, 4) is 5.75 Å². The van der Waals surface area contributed by atoms with Gasteiger partial charge in [-0.3, -0.25) is 9.69 Å². The number of rotatable bonds is 3. The highest BCUT2D eigenvalue weighted by molar-refractivity contribution is 5.91. The number of urea groups is 1. The summed E-state index contributed by atoms with van der Waals surface area (Å²) in [4.78, 5) is 31.0. The molecule has 1 N–H and O–H groups in total. The van der Waals surface area contributed by atoms with Crippen LogP contribution < -0.4 is 10.1 Å². The number of likely N-dealkylation sites (tertiary alicyclic amines) is 1. The van der Waals surface area contributed by atoms with Crippen LogP contribution in [-0.4, -0.2) is 79.1 Å². The lowest BCUT2D eigenvalue weighted by molar-refractivity contribution is -0.129. The molecular formula is C20H30N4O3. The van der Waals surface area contributed by atoms with E-state index in [9.17, 15) is 9.59 Å². The van der Waals surface area contributed by atoms with Gasteiger partial charge < -0.3 is 19.9 Å². The number of ether oxygens (including phenoxy) is 1. The molecule has 0 aliphatic carbocycles. The fourth-order valence-corrected chi connectivity index (χ4v) is 3.98. The predicted octanol–water partition coefficient (Wildman–Crippen LogP) is 2.25. The Morgan fingerprint density at radius 1 is 1.19 bits per heavy atom. The number of carbonyl (C=O) groups is 2. The van der Waals surface area contributed by atoms with Gasteiger partial charge >= 0.3 is 6.03 Å². The van der Waals surface area contributed by atoms with Gasteiger partial charge in [0.2, 0.25) is 5.91 Å². The first-order valence-corrected chi connectivity index (χ1v) is 9.68. The number of nitrogens with one attached hydrogen (secondary N) is 1. The topological polar surface area (TPSA) is 65.1 Å². The number of carbonyl (C=O) groups excluding carboxylic acids is 2. The SMILES string of the molecule is CCOc1ccccc1NC(=O)N1CCN(C)[C@]2(CCC(=O)N(C)CC2)C1. The summed E-state index contributed by atoms with van der Waals surface area (Å²) in [5, 5.41) is 3.00. The highest BCUT2D eigenvalue weighted by Gasteiger charge is 2.43. The molecule has 7 heteroatoms. The monoisotopic (exact) mass is 374 g/mol. The molecule has 3 amide bonds. The third-order valence-electron chi connectivity index (χ3n) is 5.86. The zero-order valence-electron chi connectivity index (χ0n) is 16.5. The minimum absolute atomic E-state index is 0.112. The zero-order valence-corrected chi connectivity index (χ0v) is 16.5. The van der Waals surface area contributed by atoms with E-state index in [2.05, 4.69) is 17.3 Å². The molecule has 27 heavy (non-hydrogen) atoms. The number of hydrogen-bond acceptors (Lipinski definition) is 4. The Morgan fingerprint density at radius 3 is 2.74 bits per heavy atom. The van der Waals surface area contributed by atoms with E-state index in [4.69, 9.17) is 4.74 Å². The standard InChI is InChI=1S/C20H30N4O3/c1-4-27-17-8-6-5-7-16(17)21-19(26)24-14-13-23(3)20(15-24)10-9-18(25)22(2)12-11-20/h5-8H,4,9-15H2,1-3H3,(H,21,26)/t20-/m0/s1. The van der Waals surface area contributed by atoms with E-state index in [0.29, 0.717) is 37.6 Å². The summed E-state index contributed by atoms with van der Waals surface area (Å²) in [6.45, 7) is 5.31. The molecule has 1 atom stereocenters. The maximum Gasteiger partial charge on any atom is 0.322 e. The van der Waals surface area contributed by atoms with Gasteiger partial charge in [-0.2, -0.15) is 0 Å². The van der Waals surface area contributed by atoms with Crippen LogP contribution in [0.5, 0.6) is 5.75 Å². The van der Waals surface area contributed by atoms with E-state index in [1.54, 1.807) is 4.90 Å². The Bertz CT molecular complexity index is 696. The van der Waals surface area contributed by atoms with Crippen LogP contribution in [0.4, 0.5) is 10.5 Å². The van der Waals surface area contributed by atoms with Crippen molar-refractivity contribution < 1.29 is 14.3 Å². The summed E-state index contributed by atoms with van der Waals surface area (Å²) in [5.41, 5.74) is 0.545. The summed E-state index contributed by atoms with van der Waals surface area (Å²) < 4.78 is 5.61. The van der Waals surface area contributed by atoms with Crippen molar-refractivity contribution in [3.05, 3.63) is 24.3 Å². The molecule has 2 saturated heterocycles. The van der Waals surface area contributed by atoms with Gasteiger partial charge in [0.05, 0.1) is 12.3 Å². The lowest BCUT2D eigenvalue weighted by Crippen LogP contribution is -2.62. The summed E-state index contributed by atoms with van der Waals surface area (Å²) in [6.07, 6.45) is 2.19. The maximum atomic E-state index is 12.9. The minimum atomic E-state index is -0.143. The van der Waals surface area contributed by atoms with Crippen molar-refractivity contribution in [2.24, 2.45) is 0 Å². The molecule has 0 aromatic heterocycles. The normalized spacial score (nSPS) is 24.0. The number of piperazine rings is 1. The Morgan fingerprint density at radius 2 is 1.96 bits per heavy atom. The van der Waals surface area contributed by atoms with Gasteiger partial charge in [0.1, 0.15) is 5.75 Å². The van der Waals surface area contributed by atoms with E-state index in [0.717, 1.165) is 25.9 Å². The average Bonchev–Trinajstić information content (AvgIpc) is 2.80. The van der Waals surface area contributed by atoms with Gasteiger partial charge in [0.25, 0.3) is 0 Å². The molecule has 148 valence electrons. The van der Waals surface area contributed by atoms with Crippen molar-refractivity contribution in [1.29, 1.82) is 0 Å². The highest BCUT2D eigenvalue weighted by Crippen LogP contribution is 2.32. The Labute approximate surface area is 161 Å². The van der Waals surface area contributed by atoms with Crippen LogP contribution in [0, 0.1) is 0 Å². The first-order valence-electron chi connectivity index (χ1n) is 9.68. The van der Waals surface area contributed by atoms with E-state index in [1.807, 2.05) is 43.1 Å². The number of benzene rings is 1. The Kier molecular flexibility index (Phi) is 5.89. The molecule has 2 heterocycles. The lowest BCUT2D eigenvalue weighted by Gasteiger charge is -2.49. The molecule has 1 aromatic carbocycles. The number of hydrogen-bond donors (Lipinski definition) is 1. The van der Waals surface area contributed by atoms with Crippen LogP contribution in [0.1, 0.15) is 26.2 Å². The molecule has 0 bridgehead atoms. The quantitative estimate of drug-likeness (QED) is 0.881. The van der Waals surface area contributed by atoms with E-state index < -0.39 is 0 Å². The third-order valence-corrected chi connectivity index (χ3v) is 5.86. The van der Waals surface area contributed by atoms with Gasteiger partial charge in [0, 0.05) is 45.2 Å². The van der Waals surface area contributed by atoms with Gasteiger partial charge in [-0.05, 0) is 38.9 Å². The van der Waals surface area contributed by atoms with Crippen molar-refractivity contribution in [1.82, 2.24) is 14.7 Å². The van der Waals surface area contributed by atoms with E-state index in [-0.39, 0.29) is 17.5 Å². The number of nitrogens with zero attached hydrogens (tertiary/aromatic N) is 3. The molecule has 0 saturated carbocycles. The van der Waals surface area contributed by atoms with Crippen LogP contribution in [0.15, 0.2) is 24.3 Å². The van der Waals surface area contributed by atoms with Crippen LogP contribution >= 0.6 is 0 Å². The second-order valence-electron chi connectivity index (χ2n) is 7.49. The van der Waals surface area contributed by atoms with E-state index >= 15 is 0 Å². The summed E-state index contributed by atoms with van der Waals surface area (Å²) in [7, 11) is 3.97. The number of anilines is 1. The molecule has 0 unspecified atom stereocenters. The van der Waals surface area contributed by atoms with E-state index in [1.165, 1.54) is 0 Å². The predicted molar refractivity (Wildman–Crippen MR) is 105 cm³/mol. The third kappa shape index (κ3) is 4.18. The summed E-state index contributed by atoms with van der Waals surface area (Å²) in [5.74, 6) is 0.867. The first kappa shape index (κ1) is 19.5. The van der Waals surface area contributed by atoms with Gasteiger partial charge in [-0.15, -0.1) is 0 Å². The lowest BCUT2D eigenvalue weighted by atomic mass is 9.86. The number of para-hydroxylation sites is 2. The summed E-state index contributed by atoms with van der Waals surface area (Å²) in [6, 6.07) is 7.38. The van der Waals surface area contributed by atoms with Crippen LogP contribution in [0.3, 0.4) is 0 Å².